The Hall–Kier alpha value is -3.20. The number of H-pyrrole nitrogens is 1. The van der Waals surface area contributed by atoms with Gasteiger partial charge < -0.3 is 19.4 Å². The number of benzene rings is 2. The maximum absolute atomic E-state index is 5.52. The van der Waals surface area contributed by atoms with Crippen molar-refractivity contribution >= 4 is 11.0 Å². The summed E-state index contributed by atoms with van der Waals surface area (Å²) in [5.41, 5.74) is 5.28. The number of para-hydroxylation sites is 1. The van der Waals surface area contributed by atoms with Crippen molar-refractivity contribution in [1.29, 1.82) is 0 Å². The van der Waals surface area contributed by atoms with Gasteiger partial charge in [-0.25, -0.2) is 4.98 Å². The number of fused-ring (bicyclic) bond motifs is 1. The Morgan fingerprint density at radius 3 is 2.52 bits per heavy atom. The Kier molecular flexibility index (Phi) is 8.46. The molecule has 8 nitrogen and oxygen atoms in total. The Bertz CT molecular complexity index is 1380. The van der Waals surface area contributed by atoms with Crippen molar-refractivity contribution in [3.63, 3.8) is 0 Å². The predicted molar refractivity (Wildman–Crippen MR) is 159 cm³/mol. The van der Waals surface area contributed by atoms with Gasteiger partial charge in [-0.2, -0.15) is 5.10 Å². The molecule has 1 aliphatic heterocycles. The molecule has 0 bridgehead atoms. The Labute approximate surface area is 237 Å². The van der Waals surface area contributed by atoms with Gasteiger partial charge in [0.25, 0.3) is 0 Å². The molecule has 1 N–H and O–H groups in total. The van der Waals surface area contributed by atoms with Crippen LogP contribution in [-0.2, 0) is 11.2 Å². The lowest BCUT2D eigenvalue weighted by molar-refractivity contribution is 0.0659. The summed E-state index contributed by atoms with van der Waals surface area (Å²) in [5.74, 6) is 1.82. The van der Waals surface area contributed by atoms with E-state index in [9.17, 15) is 0 Å². The third kappa shape index (κ3) is 6.09. The predicted octanol–water partition coefficient (Wildman–Crippen LogP) is 5.16. The first kappa shape index (κ1) is 27.0. The van der Waals surface area contributed by atoms with Crippen LogP contribution in [-0.4, -0.2) is 89.1 Å². The molecule has 0 spiro atoms. The summed E-state index contributed by atoms with van der Waals surface area (Å²) in [7, 11) is 3.50. The van der Waals surface area contributed by atoms with Gasteiger partial charge in [0.2, 0.25) is 0 Å². The van der Waals surface area contributed by atoms with Crippen molar-refractivity contribution in [2.75, 3.05) is 53.6 Å². The number of aromatic amines is 1. The molecule has 3 heterocycles. The minimum Gasteiger partial charge on any atom is -0.496 e. The maximum atomic E-state index is 5.52. The molecule has 40 heavy (non-hydrogen) atoms. The summed E-state index contributed by atoms with van der Waals surface area (Å²) in [5, 5.41) is 5.03. The zero-order chi connectivity index (χ0) is 27.3. The monoisotopic (exact) mass is 542 g/mol. The summed E-state index contributed by atoms with van der Waals surface area (Å²) in [6.07, 6.45) is 8.93. The smallest absolute Gasteiger partial charge is 0.122 e. The number of methoxy groups -OCH3 is 2. The second-order valence-corrected chi connectivity index (χ2v) is 11.3. The first-order chi connectivity index (χ1) is 19.7. The number of nitrogens with zero attached hydrogens (tertiary/aromatic N) is 5. The van der Waals surface area contributed by atoms with Crippen LogP contribution < -0.4 is 4.74 Å². The highest BCUT2D eigenvalue weighted by Gasteiger charge is 2.29. The molecule has 6 rings (SSSR count). The quantitative estimate of drug-likeness (QED) is 0.279. The van der Waals surface area contributed by atoms with Crippen molar-refractivity contribution in [1.82, 2.24) is 29.5 Å². The molecule has 2 aromatic heterocycles. The molecule has 2 aromatic carbocycles. The van der Waals surface area contributed by atoms with Crippen LogP contribution in [0.25, 0.3) is 22.3 Å². The Morgan fingerprint density at radius 2 is 1.73 bits per heavy atom. The number of rotatable bonds is 10. The van der Waals surface area contributed by atoms with E-state index in [1.165, 1.54) is 51.9 Å². The molecule has 4 aromatic rings. The topological polar surface area (TPSA) is 71.4 Å². The number of hydrogen-bond donors (Lipinski definition) is 1. The number of aromatic nitrogens is 4. The number of imidazole rings is 1. The normalized spacial score (nSPS) is 20.8. The van der Waals surface area contributed by atoms with Gasteiger partial charge >= 0.3 is 0 Å². The van der Waals surface area contributed by atoms with Crippen LogP contribution in [0.2, 0.25) is 0 Å². The molecule has 2 fully saturated rings. The Balaban J connectivity index is 1.05. The number of hydrogen-bond acceptors (Lipinski definition) is 6. The van der Waals surface area contributed by atoms with Crippen molar-refractivity contribution in [3.05, 3.63) is 66.1 Å². The van der Waals surface area contributed by atoms with Crippen LogP contribution in [0.4, 0.5) is 0 Å². The standard InChI is InChI=1S/C32H42N6O2/c1-39-21-5-15-36-17-19-37(20-18-36)26-9-11-27(12-10-26)38-16-14-28(35-38)24-8-13-29-30(22-24)34-32(33-29)23-25-6-3-4-7-31(25)40-2/h3-4,6-8,13-14,16,22,26-27H,5,9-12,15,17-21,23H2,1-2H3,(H,33,34). The minimum atomic E-state index is 0.490. The van der Waals surface area contributed by atoms with Gasteiger partial charge in [0, 0.05) is 76.2 Å². The highest BCUT2D eigenvalue weighted by Crippen LogP contribution is 2.32. The van der Waals surface area contributed by atoms with Crippen LogP contribution in [0.5, 0.6) is 5.75 Å². The molecular weight excluding hydrogens is 500 g/mol. The lowest BCUT2D eigenvalue weighted by Gasteiger charge is -2.42. The van der Waals surface area contributed by atoms with Gasteiger partial charge in [0.15, 0.2) is 0 Å². The van der Waals surface area contributed by atoms with Crippen molar-refractivity contribution in [2.45, 2.75) is 50.6 Å². The fourth-order valence-corrected chi connectivity index (χ4v) is 6.50. The lowest BCUT2D eigenvalue weighted by atomic mass is 9.90. The van der Waals surface area contributed by atoms with E-state index in [2.05, 4.69) is 56.0 Å². The molecule has 1 aliphatic carbocycles. The zero-order valence-electron chi connectivity index (χ0n) is 23.9. The first-order valence-electron chi connectivity index (χ1n) is 14.8. The van der Waals surface area contributed by atoms with Crippen LogP contribution in [0.3, 0.4) is 0 Å². The summed E-state index contributed by atoms with van der Waals surface area (Å²) in [6, 6.07) is 17.9. The van der Waals surface area contributed by atoms with Crippen molar-refractivity contribution < 1.29 is 9.47 Å². The summed E-state index contributed by atoms with van der Waals surface area (Å²) in [4.78, 5) is 13.7. The largest absolute Gasteiger partial charge is 0.496 e. The van der Waals surface area contributed by atoms with Gasteiger partial charge in [-0.05, 0) is 56.4 Å². The zero-order valence-corrected chi connectivity index (χ0v) is 23.9. The molecule has 212 valence electrons. The number of ether oxygens (including phenoxy) is 2. The molecule has 1 saturated carbocycles. The van der Waals surface area contributed by atoms with Crippen LogP contribution in [0, 0.1) is 0 Å². The summed E-state index contributed by atoms with van der Waals surface area (Å²) in [6.45, 7) is 6.80. The Morgan fingerprint density at radius 1 is 0.925 bits per heavy atom. The molecule has 0 unspecified atom stereocenters. The average molecular weight is 543 g/mol. The summed E-state index contributed by atoms with van der Waals surface area (Å²) >= 11 is 0. The van der Waals surface area contributed by atoms with Crippen LogP contribution >= 0.6 is 0 Å². The molecule has 8 heteroatoms. The number of nitrogens with one attached hydrogen (secondary N) is 1. The highest BCUT2D eigenvalue weighted by molar-refractivity contribution is 5.81. The third-order valence-corrected chi connectivity index (χ3v) is 8.77. The van der Waals surface area contributed by atoms with Gasteiger partial charge in [-0.3, -0.25) is 9.58 Å². The van der Waals surface area contributed by atoms with Gasteiger partial charge in [0.05, 0.1) is 29.9 Å². The fraction of sp³-hybridized carbons (Fsp3) is 0.500. The van der Waals surface area contributed by atoms with E-state index in [1.807, 2.05) is 18.2 Å². The van der Waals surface area contributed by atoms with Gasteiger partial charge in [-0.1, -0.05) is 24.3 Å². The van der Waals surface area contributed by atoms with Gasteiger partial charge in [0.1, 0.15) is 11.6 Å². The maximum Gasteiger partial charge on any atom is 0.122 e. The minimum absolute atomic E-state index is 0.490. The molecule has 0 radical (unpaired) electrons. The highest BCUT2D eigenvalue weighted by atomic mass is 16.5. The molecule has 0 amide bonds. The number of piperazine rings is 1. The van der Waals surface area contributed by atoms with Crippen LogP contribution in [0.15, 0.2) is 54.7 Å². The van der Waals surface area contributed by atoms with Crippen molar-refractivity contribution in [3.8, 4) is 17.0 Å². The molecule has 0 atom stereocenters. The first-order valence-corrected chi connectivity index (χ1v) is 14.8. The van der Waals surface area contributed by atoms with E-state index in [0.717, 1.165) is 65.0 Å². The SMILES string of the molecule is COCCCN1CCN(C2CCC(n3ccc(-c4ccc5nc(Cc6ccccc6OC)[nH]c5c4)n3)CC2)CC1. The third-order valence-electron chi connectivity index (χ3n) is 8.77. The van der Waals surface area contributed by atoms with E-state index in [1.54, 1.807) is 14.2 Å². The summed E-state index contributed by atoms with van der Waals surface area (Å²) < 4.78 is 12.9. The second kappa shape index (κ2) is 12.5. The van der Waals surface area contributed by atoms with E-state index < -0.39 is 0 Å². The fourth-order valence-electron chi connectivity index (χ4n) is 6.50. The second-order valence-electron chi connectivity index (χ2n) is 11.3. The molecule has 2 aliphatic rings. The molecular formula is C32H42N6O2. The van der Waals surface area contributed by atoms with E-state index in [-0.39, 0.29) is 0 Å². The van der Waals surface area contributed by atoms with Gasteiger partial charge in [-0.15, -0.1) is 0 Å². The van der Waals surface area contributed by atoms with Crippen LogP contribution in [0.1, 0.15) is 49.5 Å². The van der Waals surface area contributed by atoms with E-state index in [0.29, 0.717) is 12.5 Å². The van der Waals surface area contributed by atoms with E-state index >= 15 is 0 Å². The van der Waals surface area contributed by atoms with E-state index in [4.69, 9.17) is 19.6 Å². The van der Waals surface area contributed by atoms with Crippen molar-refractivity contribution in [2.24, 2.45) is 0 Å². The average Bonchev–Trinajstić information content (AvgIpc) is 3.65. The lowest BCUT2D eigenvalue weighted by Crippen LogP contribution is -2.51. The molecule has 1 saturated heterocycles.